The number of aryl methyl sites for hydroxylation is 1. The van der Waals surface area contributed by atoms with Gasteiger partial charge >= 0.3 is 6.18 Å². The van der Waals surface area contributed by atoms with Gasteiger partial charge in [-0.1, -0.05) is 0 Å². The highest BCUT2D eigenvalue weighted by Gasteiger charge is 2.41. The van der Waals surface area contributed by atoms with Crippen LogP contribution in [0.15, 0.2) is 24.7 Å². The van der Waals surface area contributed by atoms with E-state index in [1.54, 1.807) is 18.5 Å². The number of aliphatic hydroxyl groups excluding tert-OH is 1. The van der Waals surface area contributed by atoms with Crippen LogP contribution in [0.2, 0.25) is 0 Å². The number of hydrogen-bond donors (Lipinski definition) is 2. The van der Waals surface area contributed by atoms with Gasteiger partial charge in [-0.25, -0.2) is 4.98 Å². The van der Waals surface area contributed by atoms with Crippen molar-refractivity contribution in [3.05, 3.63) is 47.3 Å². The van der Waals surface area contributed by atoms with Crippen molar-refractivity contribution in [3.63, 3.8) is 0 Å². The molecule has 7 heteroatoms. The van der Waals surface area contributed by atoms with Crippen molar-refractivity contribution in [2.45, 2.75) is 25.6 Å². The minimum atomic E-state index is -4.72. The second kappa shape index (κ2) is 5.00. The lowest BCUT2D eigenvalue weighted by Gasteiger charge is -2.11. The average molecular weight is 271 g/mol. The molecular formula is C12H12F3N3O. The molecule has 0 fully saturated rings. The van der Waals surface area contributed by atoms with Gasteiger partial charge in [-0.3, -0.25) is 4.98 Å². The number of nitrogens with zero attached hydrogens (tertiary/aromatic N) is 2. The first-order valence-corrected chi connectivity index (χ1v) is 5.56. The molecule has 2 aromatic heterocycles. The van der Waals surface area contributed by atoms with Gasteiger partial charge in [0.15, 0.2) is 0 Å². The number of nitrogens with one attached hydrogen (secondary N) is 1. The molecule has 0 saturated carbocycles. The molecule has 0 radical (unpaired) electrons. The van der Waals surface area contributed by atoms with Gasteiger partial charge in [0.05, 0.1) is 5.69 Å². The van der Waals surface area contributed by atoms with Gasteiger partial charge in [-0.15, -0.1) is 0 Å². The summed E-state index contributed by atoms with van der Waals surface area (Å²) in [6.45, 7) is 1.86. The standard InChI is InChI=1S/C12H12F3N3O/c1-7-5-16-3-2-8(7)4-9-6-17-11(18-9)10(19)12(13,14)15/h2-3,5-6,10,19H,4H2,1H3,(H,17,18)/t10-/m0/s1. The van der Waals surface area contributed by atoms with E-state index in [0.717, 1.165) is 11.1 Å². The predicted molar refractivity (Wildman–Crippen MR) is 61.4 cm³/mol. The zero-order valence-corrected chi connectivity index (χ0v) is 10.1. The maximum absolute atomic E-state index is 12.3. The normalized spacial score (nSPS) is 13.5. The number of aromatic amines is 1. The molecule has 0 aromatic carbocycles. The number of aliphatic hydroxyl groups is 1. The highest BCUT2D eigenvalue weighted by Crippen LogP contribution is 2.30. The fourth-order valence-electron chi connectivity index (χ4n) is 1.66. The quantitative estimate of drug-likeness (QED) is 0.900. The summed E-state index contributed by atoms with van der Waals surface area (Å²) in [4.78, 5) is 10.1. The Kier molecular flexibility index (Phi) is 3.57. The molecule has 4 nitrogen and oxygen atoms in total. The fourth-order valence-corrected chi connectivity index (χ4v) is 1.66. The molecule has 1 atom stereocenters. The lowest BCUT2D eigenvalue weighted by molar-refractivity contribution is -0.209. The van der Waals surface area contributed by atoms with Gasteiger partial charge in [0, 0.05) is 25.0 Å². The fraction of sp³-hybridized carbons (Fsp3) is 0.333. The van der Waals surface area contributed by atoms with E-state index in [0.29, 0.717) is 12.1 Å². The largest absolute Gasteiger partial charge is 0.421 e. The monoisotopic (exact) mass is 271 g/mol. The third-order valence-corrected chi connectivity index (χ3v) is 2.73. The van der Waals surface area contributed by atoms with Crippen molar-refractivity contribution in [1.29, 1.82) is 0 Å². The Morgan fingerprint density at radius 1 is 1.42 bits per heavy atom. The molecule has 2 N–H and O–H groups in total. The maximum Gasteiger partial charge on any atom is 0.421 e. The van der Waals surface area contributed by atoms with Crippen molar-refractivity contribution < 1.29 is 18.3 Å². The highest BCUT2D eigenvalue weighted by atomic mass is 19.4. The number of aromatic nitrogens is 3. The summed E-state index contributed by atoms with van der Waals surface area (Å²) in [6, 6.07) is 1.78. The van der Waals surface area contributed by atoms with Gasteiger partial charge in [0.1, 0.15) is 5.82 Å². The second-order valence-electron chi connectivity index (χ2n) is 4.20. The van der Waals surface area contributed by atoms with E-state index in [9.17, 15) is 13.2 Å². The van der Waals surface area contributed by atoms with Crippen molar-refractivity contribution in [3.8, 4) is 0 Å². The number of hydrogen-bond acceptors (Lipinski definition) is 3. The lowest BCUT2D eigenvalue weighted by atomic mass is 10.1. The number of halogens is 3. The number of rotatable bonds is 3. The number of alkyl halides is 3. The van der Waals surface area contributed by atoms with Gasteiger partial charge in [-0.2, -0.15) is 13.2 Å². The van der Waals surface area contributed by atoms with Gasteiger partial charge in [-0.05, 0) is 24.1 Å². The van der Waals surface area contributed by atoms with Crippen LogP contribution in [0, 0.1) is 6.92 Å². The van der Waals surface area contributed by atoms with Crippen LogP contribution in [-0.4, -0.2) is 26.2 Å². The summed E-state index contributed by atoms with van der Waals surface area (Å²) < 4.78 is 37.0. The summed E-state index contributed by atoms with van der Waals surface area (Å²) >= 11 is 0. The van der Waals surface area contributed by atoms with Crippen LogP contribution in [0.1, 0.15) is 28.7 Å². The first-order chi connectivity index (χ1) is 8.88. The van der Waals surface area contributed by atoms with Crippen LogP contribution in [0.5, 0.6) is 0 Å². The van der Waals surface area contributed by atoms with E-state index in [1.807, 2.05) is 6.92 Å². The first-order valence-electron chi connectivity index (χ1n) is 5.56. The van der Waals surface area contributed by atoms with Crippen molar-refractivity contribution in [1.82, 2.24) is 15.0 Å². The molecule has 0 amide bonds. The molecule has 2 heterocycles. The SMILES string of the molecule is Cc1cnccc1Cc1c[nH]c([C@H](O)C(F)(F)F)n1. The zero-order valence-electron chi connectivity index (χ0n) is 10.1. The van der Waals surface area contributed by atoms with E-state index in [4.69, 9.17) is 5.11 Å². The number of H-pyrrole nitrogens is 1. The predicted octanol–water partition coefficient (Wildman–Crippen LogP) is 2.30. The second-order valence-corrected chi connectivity index (χ2v) is 4.20. The van der Waals surface area contributed by atoms with Gasteiger partial charge in [0.25, 0.3) is 0 Å². The smallest absolute Gasteiger partial charge is 0.377 e. The minimum absolute atomic E-state index is 0.384. The third-order valence-electron chi connectivity index (χ3n) is 2.73. The van der Waals surface area contributed by atoms with E-state index < -0.39 is 18.1 Å². The van der Waals surface area contributed by atoms with Crippen molar-refractivity contribution in [2.75, 3.05) is 0 Å². The van der Waals surface area contributed by atoms with Crippen molar-refractivity contribution in [2.24, 2.45) is 0 Å². The minimum Gasteiger partial charge on any atom is -0.377 e. The van der Waals surface area contributed by atoms with E-state index in [2.05, 4.69) is 15.0 Å². The third kappa shape index (κ3) is 3.11. The Balaban J connectivity index is 2.16. The zero-order chi connectivity index (χ0) is 14.0. The molecule has 0 aliphatic carbocycles. The molecule has 19 heavy (non-hydrogen) atoms. The molecule has 0 saturated heterocycles. The summed E-state index contributed by atoms with van der Waals surface area (Å²) in [5, 5.41) is 9.06. The topological polar surface area (TPSA) is 61.8 Å². The maximum atomic E-state index is 12.3. The highest BCUT2D eigenvalue weighted by molar-refractivity contribution is 5.26. The van der Waals surface area contributed by atoms with Gasteiger partial charge in [0.2, 0.25) is 6.10 Å². The molecule has 2 rings (SSSR count). The number of pyridine rings is 1. The Labute approximate surface area is 107 Å². The van der Waals surface area contributed by atoms with E-state index >= 15 is 0 Å². The molecule has 102 valence electrons. The van der Waals surface area contributed by atoms with Crippen LogP contribution in [0.3, 0.4) is 0 Å². The molecule has 0 aliphatic heterocycles. The molecule has 0 unspecified atom stereocenters. The van der Waals surface area contributed by atoms with Crippen molar-refractivity contribution >= 4 is 0 Å². The Hall–Kier alpha value is -1.89. The van der Waals surface area contributed by atoms with Crippen LogP contribution in [0.25, 0.3) is 0 Å². The van der Waals surface area contributed by atoms with E-state index in [-0.39, 0.29) is 0 Å². The Bertz CT molecular complexity index is 565. The first kappa shape index (κ1) is 13.5. The van der Waals surface area contributed by atoms with Crippen LogP contribution in [0.4, 0.5) is 13.2 Å². The number of imidazole rings is 1. The molecule has 2 aromatic rings. The summed E-state index contributed by atoms with van der Waals surface area (Å²) in [6.07, 6.45) is -2.27. The van der Waals surface area contributed by atoms with Crippen LogP contribution in [-0.2, 0) is 6.42 Å². The summed E-state index contributed by atoms with van der Waals surface area (Å²) in [7, 11) is 0. The average Bonchev–Trinajstić information content (AvgIpc) is 2.78. The summed E-state index contributed by atoms with van der Waals surface area (Å²) in [5.74, 6) is -0.491. The Morgan fingerprint density at radius 2 is 2.16 bits per heavy atom. The van der Waals surface area contributed by atoms with Gasteiger partial charge < -0.3 is 10.1 Å². The van der Waals surface area contributed by atoms with Crippen LogP contribution >= 0.6 is 0 Å². The molecule has 0 spiro atoms. The van der Waals surface area contributed by atoms with Crippen LogP contribution < -0.4 is 0 Å². The van der Waals surface area contributed by atoms with E-state index in [1.165, 1.54) is 6.20 Å². The lowest BCUT2D eigenvalue weighted by Crippen LogP contribution is -2.21. The summed E-state index contributed by atoms with van der Waals surface area (Å²) in [5.41, 5.74) is 2.30. The Morgan fingerprint density at radius 3 is 2.79 bits per heavy atom. The molecular weight excluding hydrogens is 259 g/mol. The molecule has 0 aliphatic rings. The molecule has 0 bridgehead atoms.